The predicted octanol–water partition coefficient (Wildman–Crippen LogP) is 1.30. The summed E-state index contributed by atoms with van der Waals surface area (Å²) < 4.78 is 15.7. The zero-order valence-corrected chi connectivity index (χ0v) is 10.5. The molecule has 2 aliphatic rings. The van der Waals surface area contributed by atoms with Gasteiger partial charge in [0.05, 0.1) is 6.61 Å². The van der Waals surface area contributed by atoms with Gasteiger partial charge >= 0.3 is 6.09 Å². The number of cyclic esters (lactones) is 1. The highest BCUT2D eigenvalue weighted by Crippen LogP contribution is 2.18. The molecule has 2 atom stereocenters. The van der Waals surface area contributed by atoms with E-state index in [9.17, 15) is 4.79 Å². The number of carbonyl (C=O) groups excluding carboxylic acids is 1. The van der Waals surface area contributed by atoms with Gasteiger partial charge in [0.2, 0.25) is 0 Å². The Kier molecular flexibility index (Phi) is 3.08. The van der Waals surface area contributed by atoms with Gasteiger partial charge < -0.3 is 14.2 Å². The third kappa shape index (κ3) is 2.85. The molecule has 1 N–H and O–H groups in total. The lowest BCUT2D eigenvalue weighted by atomic mass is 10.1. The van der Waals surface area contributed by atoms with Crippen molar-refractivity contribution < 1.29 is 19.0 Å². The molecule has 1 amide bonds. The molecular weight excluding hydrogens is 248 g/mol. The molecule has 2 heterocycles. The maximum absolute atomic E-state index is 11.0. The molecule has 1 fully saturated rings. The Morgan fingerprint density at radius 2 is 2.16 bits per heavy atom. The molecule has 3 rings (SSSR count). The summed E-state index contributed by atoms with van der Waals surface area (Å²) in [7, 11) is 0. The zero-order chi connectivity index (χ0) is 13.2. The minimum Gasteiger partial charge on any atom is -0.491 e. The van der Waals surface area contributed by atoms with E-state index in [1.807, 2.05) is 24.3 Å². The van der Waals surface area contributed by atoms with Crippen LogP contribution in [0.3, 0.4) is 0 Å². The number of nitrogens with zero attached hydrogens (tertiary/aromatic N) is 1. The van der Waals surface area contributed by atoms with E-state index in [-0.39, 0.29) is 12.2 Å². The summed E-state index contributed by atoms with van der Waals surface area (Å²) in [6.45, 7) is 3.14. The maximum atomic E-state index is 11.0. The van der Waals surface area contributed by atoms with Gasteiger partial charge in [-0.3, -0.25) is 0 Å². The Balaban J connectivity index is 1.69. The van der Waals surface area contributed by atoms with E-state index in [0.717, 1.165) is 17.9 Å². The number of ether oxygens (including phenoxy) is 3. The van der Waals surface area contributed by atoms with E-state index in [0.29, 0.717) is 12.3 Å². The number of epoxide rings is 1. The van der Waals surface area contributed by atoms with Gasteiger partial charge in [0.1, 0.15) is 30.3 Å². The van der Waals surface area contributed by atoms with Gasteiger partial charge in [0.15, 0.2) is 0 Å². The van der Waals surface area contributed by atoms with Gasteiger partial charge in [-0.05, 0) is 31.2 Å². The number of carbonyl (C=O) groups is 1. The Hall–Kier alpha value is -2.08. The molecule has 0 bridgehead atoms. The van der Waals surface area contributed by atoms with E-state index in [4.69, 9.17) is 14.2 Å². The van der Waals surface area contributed by atoms with E-state index in [1.54, 1.807) is 6.92 Å². The SMILES string of the molecule is CC1OC(=O)NN=C1c1ccc(OCC2CO2)cc1. The smallest absolute Gasteiger partial charge is 0.428 e. The molecule has 0 saturated carbocycles. The van der Waals surface area contributed by atoms with Gasteiger partial charge in [-0.15, -0.1) is 0 Å². The van der Waals surface area contributed by atoms with Crippen LogP contribution in [0.15, 0.2) is 29.4 Å². The highest BCUT2D eigenvalue weighted by atomic mass is 16.6. The largest absolute Gasteiger partial charge is 0.491 e. The predicted molar refractivity (Wildman–Crippen MR) is 67.3 cm³/mol. The molecule has 6 heteroatoms. The van der Waals surface area contributed by atoms with Crippen molar-refractivity contribution in [1.82, 2.24) is 5.43 Å². The van der Waals surface area contributed by atoms with E-state index >= 15 is 0 Å². The fraction of sp³-hybridized carbons (Fsp3) is 0.385. The highest BCUT2D eigenvalue weighted by molar-refractivity contribution is 6.05. The third-order valence-corrected chi connectivity index (χ3v) is 2.92. The Bertz CT molecular complexity index is 508. The molecular formula is C13H14N2O4. The van der Waals surface area contributed by atoms with Crippen LogP contribution in [0.25, 0.3) is 0 Å². The van der Waals surface area contributed by atoms with Crippen LogP contribution in [0.5, 0.6) is 5.75 Å². The molecule has 1 saturated heterocycles. The summed E-state index contributed by atoms with van der Waals surface area (Å²) >= 11 is 0. The summed E-state index contributed by atoms with van der Waals surface area (Å²) in [5.41, 5.74) is 3.89. The summed E-state index contributed by atoms with van der Waals surface area (Å²) in [4.78, 5) is 11.0. The van der Waals surface area contributed by atoms with Crippen LogP contribution in [0, 0.1) is 0 Å². The number of nitrogens with one attached hydrogen (secondary N) is 1. The molecule has 0 spiro atoms. The van der Waals surface area contributed by atoms with Crippen LogP contribution in [-0.4, -0.2) is 37.2 Å². The normalized spacial score (nSPS) is 25.1. The first-order valence-corrected chi connectivity index (χ1v) is 6.11. The molecule has 0 aromatic heterocycles. The fourth-order valence-corrected chi connectivity index (χ4v) is 1.81. The average Bonchev–Trinajstić information content (AvgIpc) is 3.21. The lowest BCUT2D eigenvalue weighted by Crippen LogP contribution is -2.37. The molecule has 0 aliphatic carbocycles. The summed E-state index contributed by atoms with van der Waals surface area (Å²) in [6.07, 6.45) is -0.646. The summed E-state index contributed by atoms with van der Waals surface area (Å²) in [5, 5.41) is 4.01. The number of benzene rings is 1. The van der Waals surface area contributed by atoms with Crippen molar-refractivity contribution in [3.8, 4) is 5.75 Å². The van der Waals surface area contributed by atoms with E-state index in [2.05, 4.69) is 10.5 Å². The van der Waals surface area contributed by atoms with Gasteiger partial charge in [0, 0.05) is 5.56 Å². The minimum absolute atomic E-state index is 0.242. The molecule has 0 radical (unpaired) electrons. The van der Waals surface area contributed by atoms with E-state index < -0.39 is 6.09 Å². The van der Waals surface area contributed by atoms with Crippen molar-refractivity contribution in [3.05, 3.63) is 29.8 Å². The van der Waals surface area contributed by atoms with Crippen LogP contribution < -0.4 is 10.2 Å². The quantitative estimate of drug-likeness (QED) is 0.830. The van der Waals surface area contributed by atoms with Crippen LogP contribution in [0.4, 0.5) is 4.79 Å². The van der Waals surface area contributed by atoms with E-state index in [1.165, 1.54) is 0 Å². The van der Waals surface area contributed by atoms with Crippen molar-refractivity contribution >= 4 is 11.8 Å². The summed E-state index contributed by atoms with van der Waals surface area (Å²) in [6, 6.07) is 7.51. The second kappa shape index (κ2) is 4.89. The second-order valence-electron chi connectivity index (χ2n) is 4.45. The number of hydrazone groups is 1. The number of amides is 1. The monoisotopic (exact) mass is 262 g/mol. The van der Waals surface area contributed by atoms with Crippen LogP contribution in [0.2, 0.25) is 0 Å². The molecule has 19 heavy (non-hydrogen) atoms. The first-order chi connectivity index (χ1) is 9.22. The minimum atomic E-state index is -0.527. The molecule has 1 aromatic rings. The molecule has 2 aliphatic heterocycles. The highest BCUT2D eigenvalue weighted by Gasteiger charge is 2.24. The number of hydrogen-bond donors (Lipinski definition) is 1. The second-order valence-corrected chi connectivity index (χ2v) is 4.45. The van der Waals surface area contributed by atoms with Gasteiger partial charge in [-0.1, -0.05) is 0 Å². The topological polar surface area (TPSA) is 72.5 Å². The van der Waals surface area contributed by atoms with Crippen molar-refractivity contribution in [2.45, 2.75) is 19.1 Å². The van der Waals surface area contributed by atoms with Crippen LogP contribution >= 0.6 is 0 Å². The third-order valence-electron chi connectivity index (χ3n) is 2.92. The van der Waals surface area contributed by atoms with Crippen LogP contribution in [0.1, 0.15) is 12.5 Å². The Morgan fingerprint density at radius 1 is 1.42 bits per heavy atom. The number of hydrogen-bond acceptors (Lipinski definition) is 5. The lowest BCUT2D eigenvalue weighted by Gasteiger charge is -2.20. The molecule has 100 valence electrons. The van der Waals surface area contributed by atoms with Gasteiger partial charge in [-0.25, -0.2) is 10.2 Å². The summed E-state index contributed by atoms with van der Waals surface area (Å²) in [5.74, 6) is 0.785. The van der Waals surface area contributed by atoms with Gasteiger partial charge in [-0.2, -0.15) is 5.10 Å². The Morgan fingerprint density at radius 3 is 2.79 bits per heavy atom. The maximum Gasteiger partial charge on any atom is 0.428 e. The molecule has 2 unspecified atom stereocenters. The van der Waals surface area contributed by atoms with Crippen LogP contribution in [-0.2, 0) is 9.47 Å². The average molecular weight is 262 g/mol. The molecule has 1 aromatic carbocycles. The number of rotatable bonds is 4. The first-order valence-electron chi connectivity index (χ1n) is 6.11. The van der Waals surface area contributed by atoms with Crippen molar-refractivity contribution in [1.29, 1.82) is 0 Å². The van der Waals surface area contributed by atoms with Crippen molar-refractivity contribution in [2.24, 2.45) is 5.10 Å². The molecule has 6 nitrogen and oxygen atoms in total. The van der Waals surface area contributed by atoms with Gasteiger partial charge in [0.25, 0.3) is 0 Å². The van der Waals surface area contributed by atoms with Crippen molar-refractivity contribution in [3.63, 3.8) is 0 Å². The fourth-order valence-electron chi connectivity index (χ4n) is 1.81. The zero-order valence-electron chi connectivity index (χ0n) is 10.5. The first kappa shape index (κ1) is 12.0. The standard InChI is InChI=1S/C13H14N2O4/c1-8-12(14-15-13(16)19-8)9-2-4-10(5-3-9)17-6-11-7-18-11/h2-5,8,11H,6-7H2,1H3,(H,15,16). The lowest BCUT2D eigenvalue weighted by molar-refractivity contribution is 0.127. The van der Waals surface area contributed by atoms with Crippen molar-refractivity contribution in [2.75, 3.05) is 13.2 Å². The Labute approximate surface area is 110 Å².